The molecule has 21 heavy (non-hydrogen) atoms. The highest BCUT2D eigenvalue weighted by Crippen LogP contribution is 2.26. The lowest BCUT2D eigenvalue weighted by Gasteiger charge is -2.34. The van der Waals surface area contributed by atoms with E-state index >= 15 is 0 Å². The van der Waals surface area contributed by atoms with Crippen LogP contribution in [0.2, 0.25) is 0 Å². The zero-order valence-electron chi connectivity index (χ0n) is 11.9. The normalized spacial score (nSPS) is 17.1. The summed E-state index contributed by atoms with van der Waals surface area (Å²) < 4.78 is 1.95. The van der Waals surface area contributed by atoms with Crippen LogP contribution in [0.25, 0.3) is 11.0 Å². The Morgan fingerprint density at radius 1 is 1.43 bits per heavy atom. The molecule has 2 aromatic rings. The lowest BCUT2D eigenvalue weighted by Crippen LogP contribution is -2.46. The Morgan fingerprint density at radius 3 is 2.86 bits per heavy atom. The highest BCUT2D eigenvalue weighted by atomic mass is 32.1. The van der Waals surface area contributed by atoms with Gasteiger partial charge in [-0.3, -0.25) is 4.40 Å². The fourth-order valence-electron chi connectivity index (χ4n) is 2.61. The maximum Gasteiger partial charge on any atom is 0.328 e. The van der Waals surface area contributed by atoms with Crippen molar-refractivity contribution in [2.24, 2.45) is 0 Å². The zero-order valence-corrected chi connectivity index (χ0v) is 12.7. The Bertz CT molecular complexity index is 668. The van der Waals surface area contributed by atoms with Crippen molar-refractivity contribution in [2.45, 2.75) is 6.92 Å². The van der Waals surface area contributed by atoms with E-state index < -0.39 is 5.97 Å². The maximum atomic E-state index is 10.8. The fraction of sp³-hybridized carbons (Fsp3) is 0.429. The number of rotatable bonds is 4. The first-order chi connectivity index (χ1) is 10.2. The summed E-state index contributed by atoms with van der Waals surface area (Å²) in [5.74, 6) is -0.0583. The van der Waals surface area contributed by atoms with Gasteiger partial charge in [0.2, 0.25) is 0 Å². The Labute approximate surface area is 126 Å². The van der Waals surface area contributed by atoms with Crippen molar-refractivity contribution in [1.82, 2.24) is 14.3 Å². The van der Waals surface area contributed by atoms with Crippen LogP contribution in [0, 0.1) is 0 Å². The zero-order chi connectivity index (χ0) is 14.8. The number of imidazole rings is 1. The highest BCUT2D eigenvalue weighted by Gasteiger charge is 2.21. The van der Waals surface area contributed by atoms with Crippen molar-refractivity contribution >= 4 is 34.2 Å². The number of hydrogen-bond donors (Lipinski definition) is 1. The van der Waals surface area contributed by atoms with Crippen LogP contribution in [0.4, 0.5) is 5.82 Å². The summed E-state index contributed by atoms with van der Waals surface area (Å²) in [7, 11) is 0. The number of carboxylic acid groups (broad SMARTS) is 1. The molecule has 0 atom stereocenters. The van der Waals surface area contributed by atoms with E-state index in [0.717, 1.165) is 49.2 Å². The van der Waals surface area contributed by atoms with Gasteiger partial charge < -0.3 is 14.9 Å². The van der Waals surface area contributed by atoms with Gasteiger partial charge >= 0.3 is 5.97 Å². The molecule has 2 aromatic heterocycles. The van der Waals surface area contributed by atoms with Crippen molar-refractivity contribution in [3.05, 3.63) is 23.3 Å². The summed E-state index contributed by atoms with van der Waals surface area (Å²) in [6.45, 7) is 7.12. The van der Waals surface area contributed by atoms with Gasteiger partial charge in [0.1, 0.15) is 0 Å². The topological polar surface area (TPSA) is 61.1 Å². The molecule has 7 heteroatoms. The van der Waals surface area contributed by atoms with Crippen molar-refractivity contribution in [3.63, 3.8) is 0 Å². The molecule has 0 saturated carbocycles. The fourth-order valence-corrected chi connectivity index (χ4v) is 3.32. The summed E-state index contributed by atoms with van der Waals surface area (Å²) >= 11 is 1.56. The number of aliphatic carboxylic acids is 1. The Hall–Kier alpha value is -1.86. The van der Waals surface area contributed by atoms with Gasteiger partial charge in [0.05, 0.1) is 5.69 Å². The van der Waals surface area contributed by atoms with E-state index in [0.29, 0.717) is 0 Å². The number of carboxylic acids is 1. The quantitative estimate of drug-likeness (QED) is 0.870. The number of piperazine rings is 1. The molecular formula is C14H18N4O2S. The van der Waals surface area contributed by atoms with E-state index in [4.69, 9.17) is 5.11 Å². The molecule has 1 fully saturated rings. The molecule has 0 aliphatic carbocycles. The van der Waals surface area contributed by atoms with Crippen LogP contribution < -0.4 is 4.90 Å². The summed E-state index contributed by atoms with van der Waals surface area (Å²) in [5.41, 5.74) is 0.846. The first-order valence-electron chi connectivity index (χ1n) is 7.03. The third-order valence-electron chi connectivity index (χ3n) is 3.78. The number of likely N-dealkylation sites (N-methyl/N-ethyl adjacent to an activating group) is 1. The van der Waals surface area contributed by atoms with Crippen molar-refractivity contribution in [3.8, 4) is 0 Å². The minimum atomic E-state index is -0.943. The van der Waals surface area contributed by atoms with E-state index in [-0.39, 0.29) is 0 Å². The van der Waals surface area contributed by atoms with Crippen molar-refractivity contribution < 1.29 is 9.90 Å². The molecular weight excluding hydrogens is 288 g/mol. The minimum Gasteiger partial charge on any atom is -0.478 e. The summed E-state index contributed by atoms with van der Waals surface area (Å²) in [6.07, 6.45) is 4.74. The molecule has 1 N–H and O–H groups in total. The SMILES string of the molecule is CCN1CCN(c2nc3sccn3c2/C=C/C(=O)O)CC1. The Balaban J connectivity index is 1.92. The van der Waals surface area contributed by atoms with Crippen LogP contribution >= 0.6 is 11.3 Å². The molecule has 1 saturated heterocycles. The van der Waals surface area contributed by atoms with Gasteiger partial charge in [-0.25, -0.2) is 9.78 Å². The minimum absolute atomic E-state index is 0.846. The number of hydrogen-bond acceptors (Lipinski definition) is 5. The van der Waals surface area contributed by atoms with Crippen LogP contribution in [0.3, 0.4) is 0 Å². The number of anilines is 1. The largest absolute Gasteiger partial charge is 0.478 e. The molecule has 0 bridgehead atoms. The van der Waals surface area contributed by atoms with E-state index in [9.17, 15) is 4.79 Å². The molecule has 0 unspecified atom stereocenters. The summed E-state index contributed by atoms with van der Waals surface area (Å²) in [6, 6.07) is 0. The average Bonchev–Trinajstić information content (AvgIpc) is 3.06. The van der Waals surface area contributed by atoms with Crippen LogP contribution in [0.15, 0.2) is 17.7 Å². The van der Waals surface area contributed by atoms with E-state index in [1.165, 1.54) is 6.08 Å². The van der Waals surface area contributed by atoms with Crippen molar-refractivity contribution in [2.75, 3.05) is 37.6 Å². The van der Waals surface area contributed by atoms with Crippen LogP contribution in [0.5, 0.6) is 0 Å². The van der Waals surface area contributed by atoms with Gasteiger partial charge in [-0.1, -0.05) is 6.92 Å². The third-order valence-corrected chi connectivity index (χ3v) is 4.54. The van der Waals surface area contributed by atoms with Crippen molar-refractivity contribution in [1.29, 1.82) is 0 Å². The van der Waals surface area contributed by atoms with Gasteiger partial charge in [-0.2, -0.15) is 0 Å². The van der Waals surface area contributed by atoms with Crippen LogP contribution in [-0.2, 0) is 4.79 Å². The van der Waals surface area contributed by atoms with Gasteiger partial charge in [0, 0.05) is 43.8 Å². The predicted molar refractivity (Wildman–Crippen MR) is 84.1 cm³/mol. The molecule has 0 spiro atoms. The number of nitrogens with zero attached hydrogens (tertiary/aromatic N) is 4. The molecule has 3 rings (SSSR count). The van der Waals surface area contributed by atoms with Crippen LogP contribution in [0.1, 0.15) is 12.6 Å². The van der Waals surface area contributed by atoms with E-state index in [1.807, 2.05) is 16.0 Å². The molecule has 0 radical (unpaired) electrons. The van der Waals surface area contributed by atoms with Gasteiger partial charge in [0.15, 0.2) is 10.8 Å². The summed E-state index contributed by atoms with van der Waals surface area (Å²) in [4.78, 5) is 21.0. The number of fused-ring (bicyclic) bond motifs is 1. The number of thiazole rings is 1. The predicted octanol–water partition coefficient (Wildman–Crippen LogP) is 1.64. The first-order valence-corrected chi connectivity index (χ1v) is 7.91. The molecule has 1 aliphatic heterocycles. The van der Waals surface area contributed by atoms with Gasteiger partial charge in [0.25, 0.3) is 0 Å². The first kappa shape index (κ1) is 14.1. The Kier molecular flexibility index (Phi) is 3.94. The summed E-state index contributed by atoms with van der Waals surface area (Å²) in [5, 5.41) is 10.8. The molecule has 6 nitrogen and oxygen atoms in total. The molecule has 0 aromatic carbocycles. The molecule has 3 heterocycles. The second-order valence-electron chi connectivity index (χ2n) is 4.97. The second kappa shape index (κ2) is 5.87. The average molecular weight is 306 g/mol. The highest BCUT2D eigenvalue weighted by molar-refractivity contribution is 7.15. The van der Waals surface area contributed by atoms with E-state index in [1.54, 1.807) is 17.4 Å². The van der Waals surface area contributed by atoms with Gasteiger partial charge in [-0.05, 0) is 12.6 Å². The van der Waals surface area contributed by atoms with Gasteiger partial charge in [-0.15, -0.1) is 11.3 Å². The standard InChI is InChI=1S/C14H18N4O2S/c1-2-16-5-7-17(8-6-16)13-11(3-4-12(19)20)18-9-10-21-14(18)15-13/h3-4,9-10H,2,5-8H2,1H3,(H,19,20)/b4-3+. The lowest BCUT2D eigenvalue weighted by molar-refractivity contribution is -0.131. The van der Waals surface area contributed by atoms with E-state index in [2.05, 4.69) is 21.7 Å². The Morgan fingerprint density at radius 2 is 2.19 bits per heavy atom. The smallest absolute Gasteiger partial charge is 0.328 e. The van der Waals surface area contributed by atoms with Crippen LogP contribution in [-0.4, -0.2) is 58.1 Å². The third kappa shape index (κ3) is 2.79. The number of carbonyl (C=O) groups is 1. The molecule has 112 valence electrons. The maximum absolute atomic E-state index is 10.8. The molecule has 0 amide bonds. The second-order valence-corrected chi connectivity index (χ2v) is 5.84. The molecule has 1 aliphatic rings. The monoisotopic (exact) mass is 306 g/mol. The number of aromatic nitrogens is 2. The lowest BCUT2D eigenvalue weighted by atomic mass is 10.3.